The lowest BCUT2D eigenvalue weighted by Crippen LogP contribution is -2.15. The number of carbonyl (C=O) groups excluding carboxylic acids is 2. The molecule has 0 radical (unpaired) electrons. The van der Waals surface area contributed by atoms with Crippen LogP contribution in [0.25, 0.3) is 11.1 Å². The van der Waals surface area contributed by atoms with E-state index < -0.39 is 5.97 Å². The van der Waals surface area contributed by atoms with Crippen molar-refractivity contribution in [3.8, 4) is 28.4 Å². The Morgan fingerprint density at radius 3 is 1.64 bits per heavy atom. The Labute approximate surface area is 284 Å². The Balaban J connectivity index is 1.40. The summed E-state index contributed by atoms with van der Waals surface area (Å²) in [6, 6.07) is 22.1. The van der Waals surface area contributed by atoms with Gasteiger partial charge in [-0.1, -0.05) is 104 Å². The molecule has 0 aliphatic rings. The van der Waals surface area contributed by atoms with Crippen molar-refractivity contribution in [1.29, 1.82) is 0 Å². The Kier molecular flexibility index (Phi) is 16.6. The number of benzene rings is 3. The zero-order chi connectivity index (χ0) is 34.0. The van der Waals surface area contributed by atoms with Gasteiger partial charge in [-0.25, -0.2) is 4.79 Å². The van der Waals surface area contributed by atoms with E-state index in [9.17, 15) is 9.59 Å². The molecule has 0 unspecified atom stereocenters. The number of carbonyl (C=O) groups is 2. The topological polar surface area (TPSA) is 61.8 Å². The molecule has 0 saturated heterocycles. The summed E-state index contributed by atoms with van der Waals surface area (Å²) >= 11 is 0. The summed E-state index contributed by atoms with van der Waals surface area (Å²) < 4.78 is 17.0. The predicted molar refractivity (Wildman–Crippen MR) is 193 cm³/mol. The molecular formula is C42H58O5. The quantitative estimate of drug-likeness (QED) is 0.0657. The van der Waals surface area contributed by atoms with Gasteiger partial charge < -0.3 is 14.2 Å². The van der Waals surface area contributed by atoms with Gasteiger partial charge in [0.15, 0.2) is 0 Å². The van der Waals surface area contributed by atoms with Crippen molar-refractivity contribution in [2.24, 2.45) is 23.7 Å². The van der Waals surface area contributed by atoms with Gasteiger partial charge in [0.1, 0.15) is 17.2 Å². The highest BCUT2D eigenvalue weighted by molar-refractivity contribution is 5.91. The van der Waals surface area contributed by atoms with E-state index in [-0.39, 0.29) is 11.9 Å². The second-order valence-electron chi connectivity index (χ2n) is 13.8. The average Bonchev–Trinajstić information content (AvgIpc) is 3.05. The van der Waals surface area contributed by atoms with E-state index in [4.69, 9.17) is 14.2 Å². The minimum absolute atomic E-state index is 0.238. The largest absolute Gasteiger partial charge is 0.494 e. The summed E-state index contributed by atoms with van der Waals surface area (Å²) in [6.07, 6.45) is 12.5. The van der Waals surface area contributed by atoms with Gasteiger partial charge >= 0.3 is 11.9 Å². The summed E-state index contributed by atoms with van der Waals surface area (Å²) in [5, 5.41) is 0. The molecule has 0 aromatic heterocycles. The maximum Gasteiger partial charge on any atom is 0.343 e. The van der Waals surface area contributed by atoms with Gasteiger partial charge in [-0.15, -0.1) is 0 Å². The van der Waals surface area contributed by atoms with E-state index >= 15 is 0 Å². The predicted octanol–water partition coefficient (Wildman–Crippen LogP) is 11.7. The third-order valence-electron chi connectivity index (χ3n) is 8.97. The third kappa shape index (κ3) is 14.4. The fourth-order valence-corrected chi connectivity index (χ4v) is 6.32. The first-order valence-corrected chi connectivity index (χ1v) is 18.0. The van der Waals surface area contributed by atoms with E-state index in [0.29, 0.717) is 35.3 Å². The normalized spacial score (nSPS) is 13.7. The van der Waals surface area contributed by atoms with E-state index in [1.807, 2.05) is 36.4 Å². The van der Waals surface area contributed by atoms with E-state index in [2.05, 4.69) is 41.5 Å². The van der Waals surface area contributed by atoms with Gasteiger partial charge in [-0.05, 0) is 109 Å². The molecule has 5 nitrogen and oxygen atoms in total. The maximum atomic E-state index is 12.8. The van der Waals surface area contributed by atoms with Crippen molar-refractivity contribution < 1.29 is 23.8 Å². The van der Waals surface area contributed by atoms with E-state index in [0.717, 1.165) is 42.2 Å². The zero-order valence-electron chi connectivity index (χ0n) is 29.8. The minimum atomic E-state index is -0.443. The molecule has 0 fully saturated rings. The van der Waals surface area contributed by atoms with Crippen LogP contribution in [-0.2, 0) is 4.79 Å². The van der Waals surface area contributed by atoms with Crippen molar-refractivity contribution in [2.75, 3.05) is 6.61 Å². The highest BCUT2D eigenvalue weighted by atomic mass is 16.5. The second kappa shape index (κ2) is 20.6. The first-order valence-electron chi connectivity index (χ1n) is 18.0. The molecule has 0 aliphatic carbocycles. The molecule has 0 N–H and O–H groups in total. The molecular weight excluding hydrogens is 584 g/mol. The van der Waals surface area contributed by atoms with Gasteiger partial charge in [-0.2, -0.15) is 0 Å². The van der Waals surface area contributed by atoms with Crippen LogP contribution in [0, 0.1) is 23.7 Å². The fourth-order valence-electron chi connectivity index (χ4n) is 6.32. The summed E-state index contributed by atoms with van der Waals surface area (Å²) in [7, 11) is 0. The first kappa shape index (κ1) is 37.9. The zero-order valence-corrected chi connectivity index (χ0v) is 29.8. The standard InChI is InChI=1S/C42H58O5/c1-7-9-10-11-12-13-26-45-38-20-18-36(19-21-38)35-14-16-37(17-15-35)42(44)47-40-24-22-39(23-25-40)46-41(43)30-34(6)29-33(5)28-32(4)27-31(3)8-2/h14-25,31-34H,7-13,26-30H2,1-6H3/t31-,32-,33-,34-/m1/s1. The number of hydrogen-bond acceptors (Lipinski definition) is 5. The van der Waals surface area contributed by atoms with Gasteiger partial charge in [0, 0.05) is 6.42 Å². The number of hydrogen-bond donors (Lipinski definition) is 0. The van der Waals surface area contributed by atoms with Crippen LogP contribution in [0.5, 0.6) is 17.2 Å². The van der Waals surface area contributed by atoms with Crippen LogP contribution in [0.2, 0.25) is 0 Å². The molecule has 3 aromatic carbocycles. The maximum absolute atomic E-state index is 12.8. The van der Waals surface area contributed by atoms with Crippen LogP contribution in [-0.4, -0.2) is 18.5 Å². The molecule has 3 aromatic rings. The number of unbranched alkanes of at least 4 members (excludes halogenated alkanes) is 5. The Morgan fingerprint density at radius 2 is 1.04 bits per heavy atom. The molecule has 4 atom stereocenters. The van der Waals surface area contributed by atoms with E-state index in [1.165, 1.54) is 51.4 Å². The molecule has 3 rings (SSSR count). The van der Waals surface area contributed by atoms with Crippen LogP contribution >= 0.6 is 0 Å². The van der Waals surface area contributed by atoms with Crippen LogP contribution in [0.15, 0.2) is 72.8 Å². The molecule has 0 saturated carbocycles. The highest BCUT2D eigenvalue weighted by Crippen LogP contribution is 2.27. The first-order chi connectivity index (χ1) is 22.7. The van der Waals surface area contributed by atoms with Crippen molar-refractivity contribution >= 4 is 11.9 Å². The second-order valence-corrected chi connectivity index (χ2v) is 13.8. The molecule has 256 valence electrons. The van der Waals surface area contributed by atoms with Crippen LogP contribution in [0.1, 0.15) is 123 Å². The summed E-state index contributed by atoms with van der Waals surface area (Å²) in [5.41, 5.74) is 2.52. The van der Waals surface area contributed by atoms with Gasteiger partial charge in [0.2, 0.25) is 0 Å². The van der Waals surface area contributed by atoms with E-state index in [1.54, 1.807) is 36.4 Å². The SMILES string of the molecule is CCCCCCCCOc1ccc(-c2ccc(C(=O)Oc3ccc(OC(=O)C[C@H](C)C[C@H](C)C[C@H](C)C[C@H](C)CC)cc3)cc2)cc1. The highest BCUT2D eigenvalue weighted by Gasteiger charge is 2.18. The number of esters is 2. The number of rotatable bonds is 21. The minimum Gasteiger partial charge on any atom is -0.494 e. The molecule has 0 bridgehead atoms. The van der Waals surface area contributed by atoms with Crippen LogP contribution < -0.4 is 14.2 Å². The van der Waals surface area contributed by atoms with Crippen molar-refractivity contribution in [3.63, 3.8) is 0 Å². The summed E-state index contributed by atoms with van der Waals surface area (Å²) in [5.74, 6) is 3.33. The van der Waals surface area contributed by atoms with Crippen molar-refractivity contribution in [2.45, 2.75) is 112 Å². The van der Waals surface area contributed by atoms with Crippen molar-refractivity contribution in [1.82, 2.24) is 0 Å². The third-order valence-corrected chi connectivity index (χ3v) is 8.97. The Hall–Kier alpha value is -3.60. The Morgan fingerprint density at radius 1 is 0.553 bits per heavy atom. The monoisotopic (exact) mass is 642 g/mol. The smallest absolute Gasteiger partial charge is 0.343 e. The molecule has 47 heavy (non-hydrogen) atoms. The molecule has 0 heterocycles. The molecule has 0 spiro atoms. The lowest BCUT2D eigenvalue weighted by atomic mass is 9.84. The van der Waals surface area contributed by atoms with Gasteiger partial charge in [-0.3, -0.25) is 4.79 Å². The fraction of sp³-hybridized carbons (Fsp3) is 0.524. The molecule has 5 heteroatoms. The Bertz CT molecular complexity index is 1310. The summed E-state index contributed by atoms with van der Waals surface area (Å²) in [6.45, 7) is 14.3. The van der Waals surface area contributed by atoms with Crippen molar-refractivity contribution in [3.05, 3.63) is 78.4 Å². The molecule has 0 aliphatic heterocycles. The average molecular weight is 643 g/mol. The van der Waals surface area contributed by atoms with Crippen LogP contribution in [0.3, 0.4) is 0 Å². The van der Waals surface area contributed by atoms with Crippen LogP contribution in [0.4, 0.5) is 0 Å². The summed E-state index contributed by atoms with van der Waals surface area (Å²) in [4.78, 5) is 25.4. The lowest BCUT2D eigenvalue weighted by Gasteiger charge is -2.22. The van der Waals surface area contributed by atoms with Gasteiger partial charge in [0.25, 0.3) is 0 Å². The van der Waals surface area contributed by atoms with Gasteiger partial charge in [0.05, 0.1) is 12.2 Å². The lowest BCUT2D eigenvalue weighted by molar-refractivity contribution is -0.135. The number of ether oxygens (including phenoxy) is 3. The molecule has 0 amide bonds.